The minimum Gasteiger partial charge on any atom is -0.449 e. The van der Waals surface area contributed by atoms with Gasteiger partial charge in [0.2, 0.25) is 5.91 Å². The molecule has 158 valence electrons. The van der Waals surface area contributed by atoms with Crippen LogP contribution >= 0.6 is 0 Å². The summed E-state index contributed by atoms with van der Waals surface area (Å²) in [6, 6.07) is 24.9. The molecular formula is C26H26N2O3. The normalized spacial score (nSPS) is 13.3. The molecule has 1 aliphatic rings. The Balaban J connectivity index is 1.42. The molecule has 0 saturated heterocycles. The van der Waals surface area contributed by atoms with Crippen LogP contribution in [0.15, 0.2) is 78.9 Å². The van der Waals surface area contributed by atoms with Crippen molar-refractivity contribution < 1.29 is 14.3 Å². The molecule has 31 heavy (non-hydrogen) atoms. The number of anilines is 1. The second-order valence-corrected chi connectivity index (χ2v) is 8.05. The summed E-state index contributed by atoms with van der Waals surface area (Å²) in [5.41, 5.74) is 5.34. The smallest absolute Gasteiger partial charge is 0.407 e. The maximum Gasteiger partial charge on any atom is 0.407 e. The van der Waals surface area contributed by atoms with Crippen LogP contribution in [0.3, 0.4) is 0 Å². The van der Waals surface area contributed by atoms with E-state index < -0.39 is 12.1 Å². The Labute approximate surface area is 182 Å². The molecule has 0 heterocycles. The van der Waals surface area contributed by atoms with E-state index in [-0.39, 0.29) is 24.3 Å². The minimum absolute atomic E-state index is 0.0196. The lowest BCUT2D eigenvalue weighted by Crippen LogP contribution is -2.47. The summed E-state index contributed by atoms with van der Waals surface area (Å²) < 4.78 is 5.59. The number of fused-ring (bicyclic) bond motifs is 3. The van der Waals surface area contributed by atoms with Crippen molar-refractivity contribution >= 4 is 17.7 Å². The van der Waals surface area contributed by atoms with Crippen LogP contribution in [0.1, 0.15) is 30.9 Å². The molecule has 1 aliphatic carbocycles. The van der Waals surface area contributed by atoms with Gasteiger partial charge in [0.15, 0.2) is 0 Å². The first-order chi connectivity index (χ1) is 15.0. The third kappa shape index (κ3) is 4.45. The number of benzene rings is 3. The molecule has 3 aromatic rings. The summed E-state index contributed by atoms with van der Waals surface area (Å²) in [5, 5.41) is 5.58. The van der Waals surface area contributed by atoms with Gasteiger partial charge in [-0.3, -0.25) is 4.79 Å². The molecule has 5 heteroatoms. The third-order valence-corrected chi connectivity index (χ3v) is 5.61. The van der Waals surface area contributed by atoms with E-state index in [2.05, 4.69) is 34.9 Å². The maximum absolute atomic E-state index is 12.7. The number of carbonyl (C=O) groups is 2. The minimum atomic E-state index is -0.698. The molecule has 0 radical (unpaired) electrons. The summed E-state index contributed by atoms with van der Waals surface area (Å²) in [6.45, 7) is 3.99. The van der Waals surface area contributed by atoms with Crippen LogP contribution in [-0.4, -0.2) is 24.6 Å². The number of amides is 2. The third-order valence-electron chi connectivity index (χ3n) is 5.61. The van der Waals surface area contributed by atoms with Gasteiger partial charge in [-0.15, -0.1) is 0 Å². The molecule has 0 aromatic heterocycles. The van der Waals surface area contributed by atoms with Crippen molar-refractivity contribution in [1.29, 1.82) is 0 Å². The number of alkyl carbamates (subject to hydrolysis) is 1. The van der Waals surface area contributed by atoms with Gasteiger partial charge in [-0.2, -0.15) is 0 Å². The van der Waals surface area contributed by atoms with Gasteiger partial charge >= 0.3 is 6.09 Å². The average Bonchev–Trinajstić information content (AvgIpc) is 3.10. The Bertz CT molecular complexity index is 1030. The lowest BCUT2D eigenvalue weighted by atomic mass is 9.98. The number of hydrogen-bond acceptors (Lipinski definition) is 3. The van der Waals surface area contributed by atoms with Gasteiger partial charge in [0.25, 0.3) is 0 Å². The van der Waals surface area contributed by atoms with Crippen molar-refractivity contribution in [2.24, 2.45) is 5.92 Å². The van der Waals surface area contributed by atoms with Crippen LogP contribution in [0.4, 0.5) is 10.5 Å². The van der Waals surface area contributed by atoms with Gasteiger partial charge < -0.3 is 15.4 Å². The molecule has 2 amide bonds. The summed E-state index contributed by atoms with van der Waals surface area (Å²) >= 11 is 0. The van der Waals surface area contributed by atoms with E-state index in [1.54, 1.807) is 0 Å². The van der Waals surface area contributed by atoms with Gasteiger partial charge in [0.1, 0.15) is 12.6 Å². The maximum atomic E-state index is 12.7. The van der Waals surface area contributed by atoms with Gasteiger partial charge in [-0.25, -0.2) is 4.79 Å². The number of carbonyl (C=O) groups excluding carboxylic acids is 2. The first-order valence-corrected chi connectivity index (χ1v) is 10.5. The Morgan fingerprint density at radius 3 is 1.97 bits per heavy atom. The van der Waals surface area contributed by atoms with Crippen LogP contribution in [0.2, 0.25) is 0 Å². The molecule has 1 unspecified atom stereocenters. The monoisotopic (exact) mass is 414 g/mol. The molecule has 4 rings (SSSR count). The predicted octanol–water partition coefficient (Wildman–Crippen LogP) is 5.19. The largest absolute Gasteiger partial charge is 0.449 e. The van der Waals surface area contributed by atoms with Gasteiger partial charge in [-0.05, 0) is 40.3 Å². The quantitative estimate of drug-likeness (QED) is 0.583. The SMILES string of the molecule is CC(C)C(NC(=O)OCC1c2ccccc2-c2ccccc21)C(=O)Nc1ccccc1. The van der Waals surface area contributed by atoms with Gasteiger partial charge in [0.05, 0.1) is 0 Å². The van der Waals surface area contributed by atoms with Crippen LogP contribution in [0.5, 0.6) is 0 Å². The highest BCUT2D eigenvalue weighted by molar-refractivity contribution is 5.96. The Kier molecular flexibility index (Phi) is 6.03. The average molecular weight is 415 g/mol. The van der Waals surface area contributed by atoms with Crippen molar-refractivity contribution in [2.75, 3.05) is 11.9 Å². The van der Waals surface area contributed by atoms with E-state index in [0.29, 0.717) is 5.69 Å². The number of para-hydroxylation sites is 1. The summed E-state index contributed by atoms with van der Waals surface area (Å²) in [4.78, 5) is 25.3. The first-order valence-electron chi connectivity index (χ1n) is 10.5. The summed E-state index contributed by atoms with van der Waals surface area (Å²) in [5.74, 6) is -0.382. The molecule has 0 saturated carbocycles. The number of hydrogen-bond donors (Lipinski definition) is 2. The molecule has 2 N–H and O–H groups in total. The fourth-order valence-electron chi connectivity index (χ4n) is 4.04. The number of rotatable bonds is 6. The number of ether oxygens (including phenoxy) is 1. The number of nitrogens with one attached hydrogen (secondary N) is 2. The van der Waals surface area contributed by atoms with E-state index in [0.717, 1.165) is 11.1 Å². The molecule has 5 nitrogen and oxygen atoms in total. The molecule has 1 atom stereocenters. The lowest BCUT2D eigenvalue weighted by molar-refractivity contribution is -0.119. The molecule has 0 fully saturated rings. The van der Waals surface area contributed by atoms with E-state index in [4.69, 9.17) is 4.74 Å². The zero-order chi connectivity index (χ0) is 21.8. The summed E-state index contributed by atoms with van der Waals surface area (Å²) in [7, 11) is 0. The fraction of sp³-hybridized carbons (Fsp3) is 0.231. The summed E-state index contributed by atoms with van der Waals surface area (Å²) in [6.07, 6.45) is -0.594. The highest BCUT2D eigenvalue weighted by atomic mass is 16.5. The molecule has 3 aromatic carbocycles. The van der Waals surface area contributed by atoms with Crippen molar-refractivity contribution in [3.8, 4) is 11.1 Å². The van der Waals surface area contributed by atoms with E-state index in [1.807, 2.05) is 68.4 Å². The van der Waals surface area contributed by atoms with Crippen LogP contribution in [-0.2, 0) is 9.53 Å². The zero-order valence-corrected chi connectivity index (χ0v) is 17.7. The van der Waals surface area contributed by atoms with Crippen LogP contribution in [0.25, 0.3) is 11.1 Å². The van der Waals surface area contributed by atoms with E-state index in [9.17, 15) is 9.59 Å². The second kappa shape index (κ2) is 9.04. The zero-order valence-electron chi connectivity index (χ0n) is 17.7. The molecular weight excluding hydrogens is 388 g/mol. The molecule has 0 bridgehead atoms. The Morgan fingerprint density at radius 1 is 0.839 bits per heavy atom. The van der Waals surface area contributed by atoms with Crippen molar-refractivity contribution in [2.45, 2.75) is 25.8 Å². The van der Waals surface area contributed by atoms with Crippen LogP contribution < -0.4 is 10.6 Å². The van der Waals surface area contributed by atoms with Crippen LogP contribution in [0, 0.1) is 5.92 Å². The van der Waals surface area contributed by atoms with Crippen molar-refractivity contribution in [1.82, 2.24) is 5.32 Å². The lowest BCUT2D eigenvalue weighted by Gasteiger charge is -2.22. The Morgan fingerprint density at radius 2 is 1.39 bits per heavy atom. The first kappa shape index (κ1) is 20.7. The highest BCUT2D eigenvalue weighted by Crippen LogP contribution is 2.44. The van der Waals surface area contributed by atoms with Gasteiger partial charge in [-0.1, -0.05) is 80.6 Å². The topological polar surface area (TPSA) is 67.4 Å². The van der Waals surface area contributed by atoms with Crippen molar-refractivity contribution in [3.05, 3.63) is 90.0 Å². The van der Waals surface area contributed by atoms with E-state index >= 15 is 0 Å². The predicted molar refractivity (Wildman–Crippen MR) is 122 cm³/mol. The molecule has 0 aliphatic heterocycles. The second-order valence-electron chi connectivity index (χ2n) is 8.05. The standard InChI is InChI=1S/C26H26N2O3/c1-17(2)24(25(29)27-18-10-4-3-5-11-18)28-26(30)31-16-23-21-14-8-6-12-19(21)20-13-7-9-15-22(20)23/h3-15,17,23-24H,16H2,1-2H3,(H,27,29)(H,28,30). The Hall–Kier alpha value is -3.60. The van der Waals surface area contributed by atoms with Gasteiger partial charge in [0, 0.05) is 11.6 Å². The molecule has 0 spiro atoms. The van der Waals surface area contributed by atoms with E-state index in [1.165, 1.54) is 11.1 Å². The fourth-order valence-corrected chi connectivity index (χ4v) is 4.04. The highest BCUT2D eigenvalue weighted by Gasteiger charge is 2.30. The van der Waals surface area contributed by atoms with Crippen molar-refractivity contribution in [3.63, 3.8) is 0 Å².